The van der Waals surface area contributed by atoms with Crippen molar-refractivity contribution in [2.75, 3.05) is 45.2 Å². The minimum atomic E-state index is -0.125. The second kappa shape index (κ2) is 9.08. The van der Waals surface area contributed by atoms with Crippen molar-refractivity contribution in [3.05, 3.63) is 65.7 Å². The largest absolute Gasteiger partial charge is 0.497 e. The fraction of sp³-hybridized carbons (Fsp3) is 0.273. The minimum Gasteiger partial charge on any atom is -0.497 e. The van der Waals surface area contributed by atoms with Crippen LogP contribution in [0.3, 0.4) is 0 Å². The molecule has 0 spiro atoms. The van der Waals surface area contributed by atoms with Crippen LogP contribution in [0.1, 0.15) is 15.9 Å². The fourth-order valence-corrected chi connectivity index (χ4v) is 3.16. The molecule has 146 valence electrons. The van der Waals surface area contributed by atoms with Gasteiger partial charge in [0.1, 0.15) is 5.75 Å². The predicted molar refractivity (Wildman–Crippen MR) is 111 cm³/mol. The summed E-state index contributed by atoms with van der Waals surface area (Å²) in [4.78, 5) is 28.1. The van der Waals surface area contributed by atoms with Gasteiger partial charge in [-0.25, -0.2) is 0 Å². The first-order valence-electron chi connectivity index (χ1n) is 9.29. The van der Waals surface area contributed by atoms with Crippen molar-refractivity contribution < 1.29 is 14.3 Å². The molecule has 3 rings (SSSR count). The predicted octanol–water partition coefficient (Wildman–Crippen LogP) is 2.42. The standard InChI is InChI=1S/C22H25N3O3/c1-23-22(27)18-9-6-17(7-10-18)8-11-21(26)25-14-12-24(13-15-25)19-4-3-5-20(16-19)28-2/h3-11,16H,12-15H2,1-2H3,(H,23,27)/b11-8+. The molecule has 1 heterocycles. The van der Waals surface area contributed by atoms with Gasteiger partial charge in [0.25, 0.3) is 5.91 Å². The third-order valence-corrected chi connectivity index (χ3v) is 4.83. The minimum absolute atomic E-state index is 0.000620. The molecule has 2 aromatic carbocycles. The lowest BCUT2D eigenvalue weighted by molar-refractivity contribution is -0.126. The molecule has 0 aliphatic carbocycles. The van der Waals surface area contributed by atoms with Gasteiger partial charge in [-0.05, 0) is 35.9 Å². The molecule has 6 heteroatoms. The number of hydrogen-bond donors (Lipinski definition) is 1. The number of benzene rings is 2. The number of carbonyl (C=O) groups is 2. The van der Waals surface area contributed by atoms with Crippen molar-refractivity contribution in [1.82, 2.24) is 10.2 Å². The normalized spacial score (nSPS) is 14.2. The molecule has 1 saturated heterocycles. The van der Waals surface area contributed by atoms with Crippen LogP contribution >= 0.6 is 0 Å². The van der Waals surface area contributed by atoms with Gasteiger partial charge < -0.3 is 19.9 Å². The number of nitrogens with zero attached hydrogens (tertiary/aromatic N) is 2. The van der Waals surface area contributed by atoms with Crippen LogP contribution in [-0.4, -0.2) is 57.1 Å². The third kappa shape index (κ3) is 4.71. The molecular weight excluding hydrogens is 354 g/mol. The molecule has 28 heavy (non-hydrogen) atoms. The Labute approximate surface area is 165 Å². The number of amides is 2. The molecular formula is C22H25N3O3. The van der Waals surface area contributed by atoms with E-state index >= 15 is 0 Å². The molecule has 0 radical (unpaired) electrons. The molecule has 2 amide bonds. The highest BCUT2D eigenvalue weighted by atomic mass is 16.5. The van der Waals surface area contributed by atoms with E-state index in [1.165, 1.54) is 0 Å². The van der Waals surface area contributed by atoms with Crippen LogP contribution in [0.15, 0.2) is 54.6 Å². The first-order chi connectivity index (χ1) is 13.6. The van der Waals surface area contributed by atoms with Gasteiger partial charge in [-0.2, -0.15) is 0 Å². The molecule has 6 nitrogen and oxygen atoms in total. The van der Waals surface area contributed by atoms with E-state index in [9.17, 15) is 9.59 Å². The number of hydrogen-bond acceptors (Lipinski definition) is 4. The lowest BCUT2D eigenvalue weighted by Gasteiger charge is -2.35. The molecule has 1 aliphatic heterocycles. The molecule has 2 aromatic rings. The maximum atomic E-state index is 12.5. The van der Waals surface area contributed by atoms with E-state index in [1.54, 1.807) is 38.4 Å². The van der Waals surface area contributed by atoms with Gasteiger partial charge in [0.05, 0.1) is 7.11 Å². The number of piperazine rings is 1. The van der Waals surface area contributed by atoms with E-state index in [0.29, 0.717) is 18.7 Å². The maximum Gasteiger partial charge on any atom is 0.251 e. The summed E-state index contributed by atoms with van der Waals surface area (Å²) in [6.45, 7) is 2.92. The summed E-state index contributed by atoms with van der Waals surface area (Å²) in [6, 6.07) is 15.1. The Kier molecular flexibility index (Phi) is 6.32. The summed E-state index contributed by atoms with van der Waals surface area (Å²) in [5.74, 6) is 0.711. The highest BCUT2D eigenvalue weighted by Crippen LogP contribution is 2.22. The zero-order valence-electron chi connectivity index (χ0n) is 16.2. The average Bonchev–Trinajstić information content (AvgIpc) is 2.77. The molecule has 0 unspecified atom stereocenters. The number of nitrogens with one attached hydrogen (secondary N) is 1. The van der Waals surface area contributed by atoms with E-state index in [1.807, 2.05) is 35.2 Å². The number of ether oxygens (including phenoxy) is 1. The van der Waals surface area contributed by atoms with Crippen LogP contribution in [0, 0.1) is 0 Å². The zero-order valence-corrected chi connectivity index (χ0v) is 16.2. The van der Waals surface area contributed by atoms with Gasteiger partial charge in [0, 0.05) is 56.6 Å². The van der Waals surface area contributed by atoms with E-state index in [-0.39, 0.29) is 11.8 Å². The van der Waals surface area contributed by atoms with E-state index < -0.39 is 0 Å². The number of carbonyl (C=O) groups excluding carboxylic acids is 2. The Bertz CT molecular complexity index is 854. The number of anilines is 1. The van der Waals surface area contributed by atoms with E-state index in [2.05, 4.69) is 16.3 Å². The van der Waals surface area contributed by atoms with Crippen molar-refractivity contribution in [3.63, 3.8) is 0 Å². The summed E-state index contributed by atoms with van der Waals surface area (Å²) in [5.41, 5.74) is 2.59. The van der Waals surface area contributed by atoms with E-state index in [0.717, 1.165) is 30.1 Å². The van der Waals surface area contributed by atoms with Gasteiger partial charge >= 0.3 is 0 Å². The van der Waals surface area contributed by atoms with Crippen LogP contribution in [0.2, 0.25) is 0 Å². The Morgan fingerprint density at radius 2 is 1.75 bits per heavy atom. The van der Waals surface area contributed by atoms with Crippen molar-refractivity contribution in [2.24, 2.45) is 0 Å². The van der Waals surface area contributed by atoms with Gasteiger partial charge in [-0.3, -0.25) is 9.59 Å². The lowest BCUT2D eigenvalue weighted by Crippen LogP contribution is -2.48. The van der Waals surface area contributed by atoms with Crippen LogP contribution < -0.4 is 15.0 Å². The van der Waals surface area contributed by atoms with Gasteiger partial charge in [0.15, 0.2) is 0 Å². The molecule has 1 N–H and O–H groups in total. The quantitative estimate of drug-likeness (QED) is 0.811. The molecule has 0 saturated carbocycles. The summed E-state index contributed by atoms with van der Waals surface area (Å²) in [7, 11) is 3.26. The molecule has 0 aromatic heterocycles. The van der Waals surface area contributed by atoms with Crippen molar-refractivity contribution >= 4 is 23.6 Å². The highest BCUT2D eigenvalue weighted by molar-refractivity contribution is 5.95. The van der Waals surface area contributed by atoms with Crippen LogP contribution in [0.4, 0.5) is 5.69 Å². The Morgan fingerprint density at radius 1 is 1.04 bits per heavy atom. The zero-order chi connectivity index (χ0) is 19.9. The first-order valence-corrected chi connectivity index (χ1v) is 9.29. The SMILES string of the molecule is CNC(=O)c1ccc(/C=C/C(=O)N2CCN(c3cccc(OC)c3)CC2)cc1. The fourth-order valence-electron chi connectivity index (χ4n) is 3.16. The maximum absolute atomic E-state index is 12.5. The highest BCUT2D eigenvalue weighted by Gasteiger charge is 2.20. The second-order valence-corrected chi connectivity index (χ2v) is 6.55. The monoisotopic (exact) mass is 379 g/mol. The summed E-state index contributed by atoms with van der Waals surface area (Å²) >= 11 is 0. The molecule has 0 atom stereocenters. The summed E-state index contributed by atoms with van der Waals surface area (Å²) < 4.78 is 5.28. The number of rotatable bonds is 5. The third-order valence-electron chi connectivity index (χ3n) is 4.83. The molecule has 0 bridgehead atoms. The smallest absolute Gasteiger partial charge is 0.251 e. The van der Waals surface area contributed by atoms with Crippen molar-refractivity contribution in [1.29, 1.82) is 0 Å². The van der Waals surface area contributed by atoms with Gasteiger partial charge in [-0.15, -0.1) is 0 Å². The van der Waals surface area contributed by atoms with Crippen LogP contribution in [0.5, 0.6) is 5.75 Å². The average molecular weight is 379 g/mol. The Morgan fingerprint density at radius 3 is 2.39 bits per heavy atom. The van der Waals surface area contributed by atoms with Crippen molar-refractivity contribution in [3.8, 4) is 5.75 Å². The summed E-state index contributed by atoms with van der Waals surface area (Å²) in [5, 5.41) is 2.59. The van der Waals surface area contributed by atoms with Gasteiger partial charge in [0.2, 0.25) is 5.91 Å². The van der Waals surface area contributed by atoms with E-state index in [4.69, 9.17) is 4.74 Å². The first kappa shape index (κ1) is 19.5. The Balaban J connectivity index is 1.54. The van der Waals surface area contributed by atoms with Crippen LogP contribution in [0.25, 0.3) is 6.08 Å². The van der Waals surface area contributed by atoms with Crippen molar-refractivity contribution in [2.45, 2.75) is 0 Å². The van der Waals surface area contributed by atoms with Crippen LogP contribution in [-0.2, 0) is 4.79 Å². The topological polar surface area (TPSA) is 61.9 Å². The summed E-state index contributed by atoms with van der Waals surface area (Å²) in [6.07, 6.45) is 3.38. The number of methoxy groups -OCH3 is 1. The lowest BCUT2D eigenvalue weighted by atomic mass is 10.1. The molecule has 1 fully saturated rings. The molecule has 1 aliphatic rings. The Hall–Kier alpha value is -3.28. The van der Waals surface area contributed by atoms with Gasteiger partial charge in [-0.1, -0.05) is 18.2 Å². The second-order valence-electron chi connectivity index (χ2n) is 6.55.